The summed E-state index contributed by atoms with van der Waals surface area (Å²) in [6, 6.07) is 18.2. The number of ether oxygens (including phenoxy) is 1. The predicted octanol–water partition coefficient (Wildman–Crippen LogP) is 4.39. The molecule has 0 spiro atoms. The highest BCUT2D eigenvalue weighted by atomic mass is 16.5. The number of aromatic hydroxyl groups is 1. The average molecular weight is 333 g/mol. The zero-order valence-corrected chi connectivity index (χ0v) is 14.0. The Balaban J connectivity index is 2.10. The Bertz CT molecular complexity index is 933. The fraction of sp³-hybridized carbons (Fsp3) is 0.0952. The number of hydrogen-bond acceptors (Lipinski definition) is 3. The van der Waals surface area contributed by atoms with Crippen LogP contribution in [0.2, 0.25) is 0 Å². The number of carbonyl (C=O) groups is 1. The van der Waals surface area contributed by atoms with E-state index in [1.54, 1.807) is 37.5 Å². The third kappa shape index (κ3) is 3.19. The second-order valence-electron chi connectivity index (χ2n) is 5.59. The van der Waals surface area contributed by atoms with Crippen molar-refractivity contribution in [2.45, 2.75) is 0 Å². The van der Waals surface area contributed by atoms with E-state index in [9.17, 15) is 9.90 Å². The van der Waals surface area contributed by atoms with Crippen molar-refractivity contribution in [1.82, 2.24) is 0 Å². The topological polar surface area (TPSA) is 49.8 Å². The van der Waals surface area contributed by atoms with E-state index in [0.717, 1.165) is 10.8 Å². The van der Waals surface area contributed by atoms with Crippen molar-refractivity contribution in [3.05, 3.63) is 78.9 Å². The van der Waals surface area contributed by atoms with Crippen molar-refractivity contribution < 1.29 is 14.6 Å². The number of phenolic OH excluding ortho intramolecular Hbond substituents is 1. The van der Waals surface area contributed by atoms with Crippen LogP contribution in [0.3, 0.4) is 0 Å². The van der Waals surface area contributed by atoms with Crippen LogP contribution in [0, 0.1) is 0 Å². The highest BCUT2D eigenvalue weighted by molar-refractivity contribution is 6.10. The van der Waals surface area contributed by atoms with E-state index in [1.165, 1.54) is 4.90 Å². The number of rotatable bonds is 5. The summed E-state index contributed by atoms with van der Waals surface area (Å²) in [7, 11) is 1.56. The van der Waals surface area contributed by atoms with Gasteiger partial charge in [-0.1, -0.05) is 42.5 Å². The van der Waals surface area contributed by atoms with Gasteiger partial charge in [-0.3, -0.25) is 4.79 Å². The molecular weight excluding hydrogens is 314 g/mol. The van der Waals surface area contributed by atoms with Gasteiger partial charge in [-0.2, -0.15) is 0 Å². The van der Waals surface area contributed by atoms with Gasteiger partial charge in [-0.25, -0.2) is 0 Å². The third-order valence-electron chi connectivity index (χ3n) is 4.03. The molecule has 126 valence electrons. The minimum atomic E-state index is -0.312. The molecule has 1 N–H and O–H groups in total. The summed E-state index contributed by atoms with van der Waals surface area (Å²) in [5.74, 6) is 0.221. The Morgan fingerprint density at radius 1 is 1.12 bits per heavy atom. The van der Waals surface area contributed by atoms with Gasteiger partial charge in [0.25, 0.3) is 5.91 Å². The molecule has 0 saturated carbocycles. The molecule has 3 aromatic carbocycles. The number of hydrogen-bond donors (Lipinski definition) is 1. The molecule has 0 aliphatic carbocycles. The highest BCUT2D eigenvalue weighted by Gasteiger charge is 2.22. The fourth-order valence-corrected chi connectivity index (χ4v) is 2.82. The van der Waals surface area contributed by atoms with Crippen LogP contribution < -0.4 is 9.64 Å². The Morgan fingerprint density at radius 3 is 2.44 bits per heavy atom. The first-order chi connectivity index (χ1) is 12.2. The Kier molecular flexibility index (Phi) is 4.70. The van der Waals surface area contributed by atoms with Crippen LogP contribution in [0.1, 0.15) is 10.4 Å². The van der Waals surface area contributed by atoms with Crippen molar-refractivity contribution in [2.24, 2.45) is 0 Å². The normalized spacial score (nSPS) is 10.4. The molecule has 0 fully saturated rings. The summed E-state index contributed by atoms with van der Waals surface area (Å²) in [4.78, 5) is 14.7. The monoisotopic (exact) mass is 333 g/mol. The molecule has 0 saturated heterocycles. The Labute approximate surface area is 146 Å². The number of phenols is 1. The second-order valence-corrected chi connectivity index (χ2v) is 5.59. The van der Waals surface area contributed by atoms with E-state index in [0.29, 0.717) is 18.0 Å². The maximum Gasteiger partial charge on any atom is 0.262 e. The summed E-state index contributed by atoms with van der Waals surface area (Å²) in [5, 5.41) is 12.1. The molecule has 0 radical (unpaired) electrons. The van der Waals surface area contributed by atoms with Gasteiger partial charge in [0.1, 0.15) is 11.5 Å². The minimum absolute atomic E-state index is 0.0485. The number of amides is 1. The maximum absolute atomic E-state index is 13.1. The molecular formula is C21H19NO3. The predicted molar refractivity (Wildman–Crippen MR) is 100 cm³/mol. The Morgan fingerprint density at radius 2 is 1.76 bits per heavy atom. The van der Waals surface area contributed by atoms with Gasteiger partial charge >= 0.3 is 0 Å². The molecule has 0 bridgehead atoms. The van der Waals surface area contributed by atoms with Crippen molar-refractivity contribution in [1.29, 1.82) is 0 Å². The first-order valence-corrected chi connectivity index (χ1v) is 7.93. The van der Waals surface area contributed by atoms with Crippen LogP contribution in [0.15, 0.2) is 73.3 Å². The summed E-state index contributed by atoms with van der Waals surface area (Å²) >= 11 is 0. The number of anilines is 1. The van der Waals surface area contributed by atoms with Gasteiger partial charge < -0.3 is 14.7 Å². The van der Waals surface area contributed by atoms with Gasteiger partial charge in [0, 0.05) is 6.54 Å². The molecule has 0 heterocycles. The molecule has 0 atom stereocenters. The largest absolute Gasteiger partial charge is 0.507 e. The number of para-hydroxylation sites is 2. The lowest BCUT2D eigenvalue weighted by Gasteiger charge is -2.24. The summed E-state index contributed by atoms with van der Waals surface area (Å²) in [5.41, 5.74) is 0.869. The highest BCUT2D eigenvalue weighted by Crippen LogP contribution is 2.32. The molecule has 4 heteroatoms. The van der Waals surface area contributed by atoms with Gasteiger partial charge in [-0.05, 0) is 35.0 Å². The molecule has 3 rings (SSSR count). The molecule has 0 unspecified atom stereocenters. The molecule has 4 nitrogen and oxygen atoms in total. The number of carbonyl (C=O) groups excluding carboxylic acids is 1. The number of nitrogens with zero attached hydrogens (tertiary/aromatic N) is 1. The summed E-state index contributed by atoms with van der Waals surface area (Å²) in [6.45, 7) is 4.03. The molecule has 25 heavy (non-hydrogen) atoms. The SMILES string of the molecule is C=CCN(C(=O)c1cc2ccccc2cc1O)c1ccccc1OC. The van der Waals surface area contributed by atoms with Gasteiger partial charge in [0.15, 0.2) is 0 Å². The van der Waals surface area contributed by atoms with Crippen LogP contribution in [0.4, 0.5) is 5.69 Å². The number of methoxy groups -OCH3 is 1. The van der Waals surface area contributed by atoms with Crippen LogP contribution in [-0.4, -0.2) is 24.7 Å². The van der Waals surface area contributed by atoms with E-state index >= 15 is 0 Å². The van der Waals surface area contributed by atoms with Gasteiger partial charge in [-0.15, -0.1) is 6.58 Å². The van der Waals surface area contributed by atoms with Gasteiger partial charge in [0.2, 0.25) is 0 Å². The maximum atomic E-state index is 13.1. The average Bonchev–Trinajstić information content (AvgIpc) is 2.65. The quantitative estimate of drug-likeness (QED) is 0.705. The van der Waals surface area contributed by atoms with E-state index < -0.39 is 0 Å². The van der Waals surface area contributed by atoms with Crippen molar-refractivity contribution in [3.8, 4) is 11.5 Å². The third-order valence-corrected chi connectivity index (χ3v) is 4.03. The van der Waals surface area contributed by atoms with Gasteiger partial charge in [0.05, 0.1) is 18.4 Å². The first-order valence-electron chi connectivity index (χ1n) is 7.93. The number of benzene rings is 3. The fourth-order valence-electron chi connectivity index (χ4n) is 2.82. The summed E-state index contributed by atoms with van der Waals surface area (Å²) in [6.07, 6.45) is 1.64. The first kappa shape index (κ1) is 16.6. The van der Waals surface area contributed by atoms with E-state index in [4.69, 9.17) is 4.74 Å². The van der Waals surface area contributed by atoms with E-state index in [2.05, 4.69) is 6.58 Å². The Hall–Kier alpha value is -3.27. The molecule has 0 aromatic heterocycles. The summed E-state index contributed by atoms with van der Waals surface area (Å²) < 4.78 is 5.37. The van der Waals surface area contributed by atoms with Crippen molar-refractivity contribution in [2.75, 3.05) is 18.6 Å². The lowest BCUT2D eigenvalue weighted by Crippen LogP contribution is -2.31. The minimum Gasteiger partial charge on any atom is -0.507 e. The standard InChI is InChI=1S/C21H19NO3/c1-3-12-22(18-10-6-7-11-20(18)25-2)21(24)17-13-15-8-4-5-9-16(15)14-19(17)23/h3-11,13-14,23H,1,12H2,2H3. The molecule has 0 aliphatic heterocycles. The van der Waals surface area contributed by atoms with Crippen molar-refractivity contribution >= 4 is 22.4 Å². The van der Waals surface area contributed by atoms with Crippen LogP contribution >= 0.6 is 0 Å². The lowest BCUT2D eigenvalue weighted by molar-refractivity contribution is 0.0986. The lowest BCUT2D eigenvalue weighted by atomic mass is 10.0. The molecule has 0 aliphatic rings. The van der Waals surface area contributed by atoms with E-state index in [1.807, 2.05) is 36.4 Å². The van der Waals surface area contributed by atoms with Crippen LogP contribution in [-0.2, 0) is 0 Å². The van der Waals surface area contributed by atoms with E-state index in [-0.39, 0.29) is 17.2 Å². The van der Waals surface area contributed by atoms with Crippen LogP contribution in [0.5, 0.6) is 11.5 Å². The molecule has 1 amide bonds. The van der Waals surface area contributed by atoms with Crippen LogP contribution in [0.25, 0.3) is 10.8 Å². The van der Waals surface area contributed by atoms with Crippen molar-refractivity contribution in [3.63, 3.8) is 0 Å². The number of fused-ring (bicyclic) bond motifs is 1. The molecule has 3 aromatic rings. The smallest absolute Gasteiger partial charge is 0.262 e. The zero-order chi connectivity index (χ0) is 17.8. The second kappa shape index (κ2) is 7.09. The zero-order valence-electron chi connectivity index (χ0n) is 14.0.